The predicted molar refractivity (Wildman–Crippen MR) is 126 cm³/mol. The van der Waals surface area contributed by atoms with Crippen LogP contribution in [0.15, 0.2) is 35.1 Å². The molecule has 1 aromatic heterocycles. The van der Waals surface area contributed by atoms with Crippen LogP contribution in [0.3, 0.4) is 0 Å². The van der Waals surface area contributed by atoms with Crippen LogP contribution in [0, 0.1) is 5.41 Å². The fraction of sp³-hybridized carbons (Fsp3) is 0.680. The van der Waals surface area contributed by atoms with Gasteiger partial charge in [-0.2, -0.15) is 5.10 Å². The number of aliphatic hydroxyl groups is 1. The van der Waals surface area contributed by atoms with Gasteiger partial charge in [-0.15, -0.1) is 0 Å². The first-order valence-corrected chi connectivity index (χ1v) is 12.0. The van der Waals surface area contributed by atoms with Gasteiger partial charge < -0.3 is 15.3 Å². The molecule has 1 aromatic rings. The van der Waals surface area contributed by atoms with E-state index in [2.05, 4.69) is 33.4 Å². The van der Waals surface area contributed by atoms with E-state index in [0.29, 0.717) is 28.8 Å². The molecule has 4 fully saturated rings. The van der Waals surface area contributed by atoms with E-state index in [1.165, 1.54) is 38.5 Å². The molecule has 4 aliphatic rings. The van der Waals surface area contributed by atoms with Gasteiger partial charge in [-0.05, 0) is 71.2 Å². The standard InChI is InChI=1S/C25H39N5O/c1-5-9-21(24(3,31)22-13-20(28-29-22)18-11-7-8-12-18)27-23(10-6-2)30-17-25(16-26-4)14-19(30)15-25/h5,9-10,13,18-19,26,31H,6-8,11-12,14-17H2,1-4H3,(H,28,29)/b9-5-,23-10-,27-21+. The van der Waals surface area contributed by atoms with Crippen LogP contribution in [0.4, 0.5) is 0 Å². The summed E-state index contributed by atoms with van der Waals surface area (Å²) in [5, 5.41) is 22.7. The van der Waals surface area contributed by atoms with Gasteiger partial charge in [0.15, 0.2) is 0 Å². The van der Waals surface area contributed by atoms with E-state index in [-0.39, 0.29) is 0 Å². The Morgan fingerprint density at radius 1 is 1.42 bits per heavy atom. The molecule has 1 unspecified atom stereocenters. The maximum Gasteiger partial charge on any atom is 0.147 e. The molecular formula is C25H39N5O. The van der Waals surface area contributed by atoms with Crippen LogP contribution in [0.2, 0.25) is 0 Å². The van der Waals surface area contributed by atoms with Crippen molar-refractivity contribution < 1.29 is 5.11 Å². The third-order valence-electron chi connectivity index (χ3n) is 7.47. The Hall–Kier alpha value is -1.92. The Bertz CT molecular complexity index is 853. The summed E-state index contributed by atoms with van der Waals surface area (Å²) in [5.74, 6) is 1.53. The molecule has 1 atom stereocenters. The van der Waals surface area contributed by atoms with Crippen molar-refractivity contribution in [2.45, 2.75) is 83.3 Å². The van der Waals surface area contributed by atoms with E-state index < -0.39 is 5.60 Å². The molecule has 0 spiro atoms. The summed E-state index contributed by atoms with van der Waals surface area (Å²) in [4.78, 5) is 7.51. The Morgan fingerprint density at radius 2 is 2.16 bits per heavy atom. The van der Waals surface area contributed by atoms with Gasteiger partial charge in [0.05, 0.1) is 11.4 Å². The second-order valence-electron chi connectivity index (χ2n) is 9.95. The smallest absolute Gasteiger partial charge is 0.147 e. The number of H-pyrrole nitrogens is 1. The fourth-order valence-corrected chi connectivity index (χ4v) is 5.79. The molecule has 0 radical (unpaired) electrons. The number of aliphatic imine (C=N–C) groups is 1. The molecule has 2 bridgehead atoms. The Labute approximate surface area is 186 Å². The van der Waals surface area contributed by atoms with Crippen LogP contribution < -0.4 is 5.32 Å². The summed E-state index contributed by atoms with van der Waals surface area (Å²) in [7, 11) is 2.04. The summed E-state index contributed by atoms with van der Waals surface area (Å²) in [6.45, 7) is 8.02. The van der Waals surface area contributed by atoms with Gasteiger partial charge in [-0.25, -0.2) is 4.99 Å². The highest BCUT2D eigenvalue weighted by Gasteiger charge is 2.55. The van der Waals surface area contributed by atoms with Gasteiger partial charge in [0.1, 0.15) is 11.4 Å². The van der Waals surface area contributed by atoms with Crippen molar-refractivity contribution in [2.24, 2.45) is 10.4 Å². The highest BCUT2D eigenvalue weighted by Crippen LogP contribution is 2.53. The van der Waals surface area contributed by atoms with Crippen molar-refractivity contribution in [3.8, 4) is 0 Å². The molecule has 3 heterocycles. The molecule has 6 heteroatoms. The average molecular weight is 426 g/mol. The van der Waals surface area contributed by atoms with E-state index in [1.54, 1.807) is 0 Å². The van der Waals surface area contributed by atoms with Crippen LogP contribution in [0.1, 0.15) is 83.0 Å². The lowest BCUT2D eigenvalue weighted by molar-refractivity contribution is 0.128. The van der Waals surface area contributed by atoms with E-state index in [9.17, 15) is 5.11 Å². The number of aromatic amines is 1. The molecule has 170 valence electrons. The number of hydrogen-bond acceptors (Lipinski definition) is 5. The quantitative estimate of drug-likeness (QED) is 0.518. The van der Waals surface area contributed by atoms with Gasteiger partial charge in [0.2, 0.25) is 0 Å². The minimum absolute atomic E-state index is 0.378. The van der Waals surface area contributed by atoms with Crippen molar-refractivity contribution >= 4 is 5.71 Å². The lowest BCUT2D eigenvalue weighted by atomic mass is 9.70. The number of hydrogen-bond donors (Lipinski definition) is 3. The van der Waals surface area contributed by atoms with Crippen LogP contribution in [0.25, 0.3) is 0 Å². The van der Waals surface area contributed by atoms with Crippen LogP contribution in [0.5, 0.6) is 0 Å². The maximum absolute atomic E-state index is 11.6. The number of nitrogens with zero attached hydrogens (tertiary/aromatic N) is 3. The zero-order valence-electron chi connectivity index (χ0n) is 19.6. The van der Waals surface area contributed by atoms with Crippen LogP contribution in [-0.4, -0.2) is 52.1 Å². The first kappa shape index (κ1) is 22.3. The number of allylic oxidation sites excluding steroid dienone is 2. The number of rotatable bonds is 9. The molecule has 2 aliphatic carbocycles. The zero-order valence-corrected chi connectivity index (χ0v) is 19.6. The number of fused-ring (bicyclic) bond motifs is 1. The summed E-state index contributed by atoms with van der Waals surface area (Å²) in [6, 6.07) is 2.61. The lowest BCUT2D eigenvalue weighted by Gasteiger charge is -2.37. The maximum atomic E-state index is 11.6. The van der Waals surface area contributed by atoms with Crippen LogP contribution >= 0.6 is 0 Å². The fourth-order valence-electron chi connectivity index (χ4n) is 5.79. The molecular weight excluding hydrogens is 386 g/mol. The highest BCUT2D eigenvalue weighted by molar-refractivity contribution is 6.02. The second-order valence-corrected chi connectivity index (χ2v) is 9.95. The van der Waals surface area contributed by atoms with Gasteiger partial charge in [-0.1, -0.05) is 25.8 Å². The van der Waals surface area contributed by atoms with Gasteiger partial charge in [0.25, 0.3) is 0 Å². The van der Waals surface area contributed by atoms with Crippen molar-refractivity contribution in [3.63, 3.8) is 0 Å². The predicted octanol–water partition coefficient (Wildman–Crippen LogP) is 4.23. The molecule has 2 saturated heterocycles. The molecule has 31 heavy (non-hydrogen) atoms. The summed E-state index contributed by atoms with van der Waals surface area (Å²) in [5.41, 5.74) is 1.57. The SMILES string of the molecule is C\C=C/C(=N\C(=C\CC)N1CC2(CNC)CC1C2)C(C)(O)c1cc(C2CCCC2)[nH]n1. The topological polar surface area (TPSA) is 76.5 Å². The largest absolute Gasteiger partial charge is 0.377 e. The van der Waals surface area contributed by atoms with Gasteiger partial charge in [-0.3, -0.25) is 5.10 Å². The van der Waals surface area contributed by atoms with E-state index >= 15 is 0 Å². The molecule has 6 nitrogen and oxygen atoms in total. The minimum Gasteiger partial charge on any atom is -0.377 e. The molecule has 2 aliphatic heterocycles. The normalized spacial score (nSPS) is 29.1. The number of nitrogens with one attached hydrogen (secondary N) is 2. The van der Waals surface area contributed by atoms with Gasteiger partial charge >= 0.3 is 0 Å². The van der Waals surface area contributed by atoms with Crippen molar-refractivity contribution in [1.82, 2.24) is 20.4 Å². The van der Waals surface area contributed by atoms with Crippen molar-refractivity contribution in [1.29, 1.82) is 0 Å². The molecule has 2 saturated carbocycles. The zero-order chi connectivity index (χ0) is 22.1. The molecule has 3 N–H and O–H groups in total. The molecule has 0 amide bonds. The first-order chi connectivity index (χ1) is 14.9. The first-order valence-electron chi connectivity index (χ1n) is 12.0. The Balaban J connectivity index is 1.61. The highest BCUT2D eigenvalue weighted by atomic mass is 16.3. The Morgan fingerprint density at radius 3 is 2.81 bits per heavy atom. The monoisotopic (exact) mass is 425 g/mol. The van der Waals surface area contributed by atoms with Crippen molar-refractivity contribution in [3.05, 3.63) is 41.5 Å². The summed E-state index contributed by atoms with van der Waals surface area (Å²) >= 11 is 0. The van der Waals surface area contributed by atoms with E-state index in [0.717, 1.165) is 31.0 Å². The second kappa shape index (κ2) is 8.91. The van der Waals surface area contributed by atoms with E-state index in [1.807, 2.05) is 39.1 Å². The van der Waals surface area contributed by atoms with Crippen molar-refractivity contribution in [2.75, 3.05) is 20.1 Å². The van der Waals surface area contributed by atoms with Gasteiger partial charge in [0, 0.05) is 36.2 Å². The minimum atomic E-state index is -1.25. The van der Waals surface area contributed by atoms with Crippen LogP contribution in [-0.2, 0) is 5.60 Å². The number of aromatic nitrogens is 2. The third kappa shape index (κ3) is 4.24. The summed E-state index contributed by atoms with van der Waals surface area (Å²) in [6.07, 6.45) is 14.4. The average Bonchev–Trinajstić information content (AvgIpc) is 3.49. The van der Waals surface area contributed by atoms with E-state index in [4.69, 9.17) is 4.99 Å². The lowest BCUT2D eigenvalue weighted by Crippen LogP contribution is -2.41. The Kier molecular flexibility index (Phi) is 6.40. The molecule has 5 rings (SSSR count). The summed E-state index contributed by atoms with van der Waals surface area (Å²) < 4.78 is 0. The molecule has 0 aromatic carbocycles. The third-order valence-corrected chi connectivity index (χ3v) is 7.47.